The number of rotatable bonds is 5. The van der Waals surface area contributed by atoms with Crippen LogP contribution in [0.3, 0.4) is 0 Å². The number of carboxylic acids is 1. The fraction of sp³-hybridized carbons (Fsp3) is 0.500. The lowest BCUT2D eigenvalue weighted by Gasteiger charge is -2.31. The third kappa shape index (κ3) is 4.03. The minimum absolute atomic E-state index is 0.0584. The lowest BCUT2D eigenvalue weighted by Crippen LogP contribution is -2.44. The van der Waals surface area contributed by atoms with Gasteiger partial charge in [-0.25, -0.2) is 17.9 Å². The lowest BCUT2D eigenvalue weighted by molar-refractivity contribution is 0.0696. The van der Waals surface area contributed by atoms with Gasteiger partial charge >= 0.3 is 5.97 Å². The van der Waals surface area contributed by atoms with Gasteiger partial charge in [-0.3, -0.25) is 0 Å². The van der Waals surface area contributed by atoms with Gasteiger partial charge in [0.2, 0.25) is 10.0 Å². The molecule has 0 aliphatic carbocycles. The van der Waals surface area contributed by atoms with Crippen LogP contribution < -0.4 is 4.72 Å². The molecule has 7 heteroatoms. The predicted octanol–water partition coefficient (Wildman–Crippen LogP) is 1.15. The van der Waals surface area contributed by atoms with Crippen LogP contribution in [0.5, 0.6) is 0 Å². The molecule has 1 heterocycles. The number of carboxylic acid groups (broad SMARTS) is 1. The van der Waals surface area contributed by atoms with E-state index in [1.54, 1.807) is 0 Å². The normalized spacial score (nSPS) is 17.8. The minimum Gasteiger partial charge on any atom is -0.478 e. The monoisotopic (exact) mass is 312 g/mol. The second kappa shape index (κ2) is 6.55. The number of aromatic carboxylic acids is 1. The van der Waals surface area contributed by atoms with E-state index < -0.39 is 16.0 Å². The zero-order valence-corrected chi connectivity index (χ0v) is 12.8. The van der Waals surface area contributed by atoms with Crippen LogP contribution in [0.15, 0.2) is 29.2 Å². The van der Waals surface area contributed by atoms with Crippen LogP contribution >= 0.6 is 0 Å². The van der Waals surface area contributed by atoms with Gasteiger partial charge in [0, 0.05) is 6.04 Å². The Labute approximate surface area is 124 Å². The van der Waals surface area contributed by atoms with Crippen molar-refractivity contribution >= 4 is 16.0 Å². The Morgan fingerprint density at radius 3 is 2.33 bits per heavy atom. The van der Waals surface area contributed by atoms with E-state index in [0.717, 1.165) is 32.5 Å². The number of benzene rings is 1. The fourth-order valence-corrected chi connectivity index (χ4v) is 3.74. The number of hydrogen-bond donors (Lipinski definition) is 2. The fourth-order valence-electron chi connectivity index (χ4n) is 2.43. The number of piperidine rings is 1. The molecule has 1 aliphatic rings. The quantitative estimate of drug-likeness (QED) is 0.851. The maximum absolute atomic E-state index is 12.3. The molecule has 2 rings (SSSR count). The summed E-state index contributed by atoms with van der Waals surface area (Å²) in [6.07, 6.45) is 1.58. The molecule has 0 unspecified atom stereocenters. The molecule has 2 N–H and O–H groups in total. The largest absolute Gasteiger partial charge is 0.478 e. The van der Waals surface area contributed by atoms with Gasteiger partial charge in [-0.05, 0) is 56.7 Å². The highest BCUT2D eigenvalue weighted by Gasteiger charge is 2.24. The summed E-state index contributed by atoms with van der Waals surface area (Å²) in [4.78, 5) is 13.2. The molecule has 1 aromatic rings. The van der Waals surface area contributed by atoms with Gasteiger partial charge in [0.15, 0.2) is 0 Å². The third-order valence-corrected chi connectivity index (χ3v) is 5.30. The topological polar surface area (TPSA) is 86.7 Å². The Balaban J connectivity index is 2.03. The Morgan fingerprint density at radius 2 is 1.86 bits per heavy atom. The van der Waals surface area contributed by atoms with Crippen molar-refractivity contribution in [3.8, 4) is 0 Å². The van der Waals surface area contributed by atoms with Gasteiger partial charge in [-0.2, -0.15) is 0 Å². The smallest absolute Gasteiger partial charge is 0.335 e. The third-order valence-electron chi connectivity index (χ3n) is 3.77. The number of hydrogen-bond acceptors (Lipinski definition) is 4. The maximum Gasteiger partial charge on any atom is 0.335 e. The molecule has 0 radical (unpaired) electrons. The summed E-state index contributed by atoms with van der Waals surface area (Å²) >= 11 is 0. The molecule has 1 aromatic carbocycles. The Morgan fingerprint density at radius 1 is 1.29 bits per heavy atom. The first-order valence-electron chi connectivity index (χ1n) is 7.00. The first-order valence-corrected chi connectivity index (χ1v) is 8.48. The van der Waals surface area contributed by atoms with Crippen LogP contribution in [-0.4, -0.2) is 50.1 Å². The standard InChI is InChI=1S/C14H20N2O4S/c1-2-16-9-7-12(8-10-16)15-21(19,20)13-5-3-11(4-6-13)14(17)18/h3-6,12,15H,2,7-10H2,1H3,(H,17,18). The Kier molecular flexibility index (Phi) is 4.97. The van der Waals surface area contributed by atoms with Crippen LogP contribution in [0, 0.1) is 0 Å². The van der Waals surface area contributed by atoms with Gasteiger partial charge in [0.05, 0.1) is 10.5 Å². The van der Waals surface area contributed by atoms with Crippen molar-refractivity contribution in [2.45, 2.75) is 30.7 Å². The van der Waals surface area contributed by atoms with Gasteiger partial charge in [-0.15, -0.1) is 0 Å². The number of nitrogens with one attached hydrogen (secondary N) is 1. The van der Waals surface area contributed by atoms with E-state index in [1.807, 2.05) is 0 Å². The van der Waals surface area contributed by atoms with Crippen molar-refractivity contribution < 1.29 is 18.3 Å². The van der Waals surface area contributed by atoms with Crippen molar-refractivity contribution in [1.29, 1.82) is 0 Å². The van der Waals surface area contributed by atoms with E-state index >= 15 is 0 Å². The van der Waals surface area contributed by atoms with Crippen molar-refractivity contribution in [2.75, 3.05) is 19.6 Å². The summed E-state index contributed by atoms with van der Waals surface area (Å²) in [6.45, 7) is 4.86. The van der Waals surface area contributed by atoms with Crippen molar-refractivity contribution in [3.05, 3.63) is 29.8 Å². The van der Waals surface area contributed by atoms with Gasteiger partial charge < -0.3 is 10.0 Å². The average molecular weight is 312 g/mol. The maximum atomic E-state index is 12.3. The van der Waals surface area contributed by atoms with Crippen molar-refractivity contribution in [3.63, 3.8) is 0 Å². The molecule has 0 bridgehead atoms. The predicted molar refractivity (Wildman–Crippen MR) is 78.9 cm³/mol. The average Bonchev–Trinajstić information content (AvgIpc) is 2.48. The molecule has 1 aliphatic heterocycles. The van der Waals surface area contributed by atoms with Crippen LogP contribution in [0.2, 0.25) is 0 Å². The zero-order chi connectivity index (χ0) is 15.5. The van der Waals surface area contributed by atoms with E-state index in [4.69, 9.17) is 5.11 Å². The van der Waals surface area contributed by atoms with E-state index in [2.05, 4.69) is 16.5 Å². The zero-order valence-electron chi connectivity index (χ0n) is 11.9. The summed E-state index contributed by atoms with van der Waals surface area (Å²) < 4.78 is 27.2. The molecule has 1 saturated heterocycles. The Bertz CT molecular complexity index is 590. The van der Waals surface area contributed by atoms with Crippen LogP contribution in [0.1, 0.15) is 30.1 Å². The highest BCUT2D eigenvalue weighted by atomic mass is 32.2. The first-order chi connectivity index (χ1) is 9.92. The summed E-state index contributed by atoms with van der Waals surface area (Å²) in [6, 6.07) is 5.20. The molecular weight excluding hydrogens is 292 g/mol. The number of nitrogens with zero attached hydrogens (tertiary/aromatic N) is 1. The molecule has 1 fully saturated rings. The molecule has 116 valence electrons. The SMILES string of the molecule is CCN1CCC(NS(=O)(=O)c2ccc(C(=O)O)cc2)CC1. The molecule has 0 spiro atoms. The van der Waals surface area contributed by atoms with Crippen LogP contribution in [0.25, 0.3) is 0 Å². The van der Waals surface area contributed by atoms with Crippen molar-refractivity contribution in [2.24, 2.45) is 0 Å². The van der Waals surface area contributed by atoms with Crippen LogP contribution in [-0.2, 0) is 10.0 Å². The summed E-state index contributed by atoms with van der Waals surface area (Å²) in [5, 5.41) is 8.82. The first kappa shape index (κ1) is 15.9. The lowest BCUT2D eigenvalue weighted by atomic mass is 10.1. The minimum atomic E-state index is -3.59. The number of sulfonamides is 1. The summed E-state index contributed by atoms with van der Waals surface area (Å²) in [5.74, 6) is -1.07. The summed E-state index contributed by atoms with van der Waals surface area (Å²) in [5.41, 5.74) is 0.0743. The second-order valence-electron chi connectivity index (χ2n) is 5.16. The molecule has 0 atom stereocenters. The van der Waals surface area contributed by atoms with Crippen molar-refractivity contribution in [1.82, 2.24) is 9.62 Å². The molecule has 0 aromatic heterocycles. The van der Waals surface area contributed by atoms with Gasteiger partial charge in [0.25, 0.3) is 0 Å². The second-order valence-corrected chi connectivity index (χ2v) is 6.87. The van der Waals surface area contributed by atoms with E-state index in [0.29, 0.717) is 0 Å². The molecule has 0 saturated carbocycles. The molecular formula is C14H20N2O4S. The van der Waals surface area contributed by atoms with Gasteiger partial charge in [-0.1, -0.05) is 6.92 Å². The molecule has 0 amide bonds. The van der Waals surface area contributed by atoms with E-state index in [-0.39, 0.29) is 16.5 Å². The Hall–Kier alpha value is -1.44. The molecule has 6 nitrogen and oxygen atoms in total. The van der Waals surface area contributed by atoms with Gasteiger partial charge in [0.1, 0.15) is 0 Å². The molecule has 21 heavy (non-hydrogen) atoms. The van der Waals surface area contributed by atoms with E-state index in [1.165, 1.54) is 24.3 Å². The number of likely N-dealkylation sites (tertiary alicyclic amines) is 1. The highest BCUT2D eigenvalue weighted by Crippen LogP contribution is 2.15. The van der Waals surface area contributed by atoms with E-state index in [9.17, 15) is 13.2 Å². The highest BCUT2D eigenvalue weighted by molar-refractivity contribution is 7.89. The summed E-state index contributed by atoms with van der Waals surface area (Å²) in [7, 11) is -3.59. The van der Waals surface area contributed by atoms with Crippen LogP contribution in [0.4, 0.5) is 0 Å². The number of carbonyl (C=O) groups is 1.